The van der Waals surface area contributed by atoms with Crippen molar-refractivity contribution in [2.45, 2.75) is 53.0 Å². The highest BCUT2D eigenvalue weighted by Gasteiger charge is 2.14. The minimum Gasteiger partial charge on any atom is -0.314 e. The summed E-state index contributed by atoms with van der Waals surface area (Å²) in [5.74, 6) is 1.28. The van der Waals surface area contributed by atoms with Crippen molar-refractivity contribution >= 4 is 11.8 Å². The third-order valence-electron chi connectivity index (χ3n) is 2.41. The normalized spacial score (nSPS) is 14.4. The highest BCUT2D eigenvalue weighted by molar-refractivity contribution is 7.98. The molecule has 86 valence electrons. The molecule has 2 heteroatoms. The molecule has 0 aromatic rings. The third kappa shape index (κ3) is 8.89. The van der Waals surface area contributed by atoms with E-state index in [1.807, 2.05) is 11.8 Å². The molecule has 0 bridgehead atoms. The van der Waals surface area contributed by atoms with E-state index in [1.165, 1.54) is 25.0 Å². The number of nitrogens with one attached hydrogen (secondary N) is 1. The molecule has 14 heavy (non-hydrogen) atoms. The van der Waals surface area contributed by atoms with Crippen molar-refractivity contribution < 1.29 is 0 Å². The molecule has 0 aromatic carbocycles. The van der Waals surface area contributed by atoms with Crippen LogP contribution in [0.1, 0.15) is 47.0 Å². The van der Waals surface area contributed by atoms with Gasteiger partial charge in [-0.2, -0.15) is 11.8 Å². The highest BCUT2D eigenvalue weighted by atomic mass is 32.2. The van der Waals surface area contributed by atoms with Gasteiger partial charge in [0.05, 0.1) is 0 Å². The Morgan fingerprint density at radius 1 is 1.21 bits per heavy atom. The predicted molar refractivity (Wildman–Crippen MR) is 69.2 cm³/mol. The summed E-state index contributed by atoms with van der Waals surface area (Å²) in [5, 5.41) is 3.58. The second kappa shape index (κ2) is 7.58. The van der Waals surface area contributed by atoms with Crippen molar-refractivity contribution in [2.75, 3.05) is 18.6 Å². The second-order valence-corrected chi connectivity index (χ2v) is 6.12. The fourth-order valence-corrected chi connectivity index (χ4v) is 2.02. The summed E-state index contributed by atoms with van der Waals surface area (Å²) in [4.78, 5) is 0. The molecule has 0 saturated carbocycles. The Bertz CT molecular complexity index is 129. The molecule has 0 aliphatic heterocycles. The summed E-state index contributed by atoms with van der Waals surface area (Å²) in [6, 6.07) is 0.728. The average Bonchev–Trinajstić information content (AvgIpc) is 2.08. The van der Waals surface area contributed by atoms with Crippen molar-refractivity contribution in [1.29, 1.82) is 0 Å². The lowest BCUT2D eigenvalue weighted by atomic mass is 9.88. The Labute approximate surface area is 94.4 Å². The largest absolute Gasteiger partial charge is 0.314 e. The molecule has 0 amide bonds. The van der Waals surface area contributed by atoms with Crippen LogP contribution in [0.4, 0.5) is 0 Å². The Morgan fingerprint density at radius 2 is 1.86 bits per heavy atom. The van der Waals surface area contributed by atoms with E-state index in [9.17, 15) is 0 Å². The van der Waals surface area contributed by atoms with Crippen LogP contribution in [0.25, 0.3) is 0 Å². The van der Waals surface area contributed by atoms with Crippen molar-refractivity contribution in [3.8, 4) is 0 Å². The van der Waals surface area contributed by atoms with Gasteiger partial charge in [0.15, 0.2) is 0 Å². The minimum atomic E-state index is 0.479. The van der Waals surface area contributed by atoms with E-state index in [1.54, 1.807) is 0 Å². The standard InChI is InChI=1S/C12H27NS/c1-6-13-11(8-10-14-5)7-9-12(2,3)4/h11,13H,6-10H2,1-5H3. The van der Waals surface area contributed by atoms with Crippen molar-refractivity contribution in [3.63, 3.8) is 0 Å². The van der Waals surface area contributed by atoms with Gasteiger partial charge < -0.3 is 5.32 Å². The number of rotatable bonds is 7. The van der Waals surface area contributed by atoms with Crippen LogP contribution in [-0.4, -0.2) is 24.6 Å². The van der Waals surface area contributed by atoms with Gasteiger partial charge in [0.25, 0.3) is 0 Å². The maximum Gasteiger partial charge on any atom is 0.00749 e. The molecule has 1 nitrogen and oxygen atoms in total. The smallest absolute Gasteiger partial charge is 0.00749 e. The van der Waals surface area contributed by atoms with E-state index in [0.29, 0.717) is 5.41 Å². The molecular weight excluding hydrogens is 190 g/mol. The van der Waals surface area contributed by atoms with Gasteiger partial charge in [0.2, 0.25) is 0 Å². The lowest BCUT2D eigenvalue weighted by molar-refractivity contribution is 0.329. The third-order valence-corrected chi connectivity index (χ3v) is 3.05. The number of hydrogen-bond acceptors (Lipinski definition) is 2. The first-order valence-corrected chi connectivity index (χ1v) is 7.11. The highest BCUT2D eigenvalue weighted by Crippen LogP contribution is 2.22. The first-order valence-electron chi connectivity index (χ1n) is 5.72. The van der Waals surface area contributed by atoms with Crippen LogP contribution in [0.15, 0.2) is 0 Å². The van der Waals surface area contributed by atoms with Gasteiger partial charge in [0, 0.05) is 6.04 Å². The average molecular weight is 217 g/mol. The molecule has 0 radical (unpaired) electrons. The summed E-state index contributed by atoms with van der Waals surface area (Å²) in [7, 11) is 0. The van der Waals surface area contributed by atoms with Crippen molar-refractivity contribution in [1.82, 2.24) is 5.32 Å². The Morgan fingerprint density at radius 3 is 2.29 bits per heavy atom. The summed E-state index contributed by atoms with van der Waals surface area (Å²) in [6.45, 7) is 10.3. The molecule has 1 unspecified atom stereocenters. The van der Waals surface area contributed by atoms with Gasteiger partial charge in [-0.15, -0.1) is 0 Å². The fourth-order valence-electron chi connectivity index (χ4n) is 1.50. The molecule has 0 aromatic heterocycles. The molecule has 0 aliphatic carbocycles. The lowest BCUT2D eigenvalue weighted by Crippen LogP contribution is -2.30. The van der Waals surface area contributed by atoms with E-state index in [0.717, 1.165) is 12.6 Å². The predicted octanol–water partition coefficient (Wildman–Crippen LogP) is 3.54. The van der Waals surface area contributed by atoms with Gasteiger partial charge in [0.1, 0.15) is 0 Å². The SMILES string of the molecule is CCNC(CCSC)CCC(C)(C)C. The molecule has 0 saturated heterocycles. The maximum atomic E-state index is 3.58. The van der Waals surface area contributed by atoms with E-state index < -0.39 is 0 Å². The molecule has 1 N–H and O–H groups in total. The quantitative estimate of drug-likeness (QED) is 0.700. The van der Waals surface area contributed by atoms with E-state index >= 15 is 0 Å². The summed E-state index contributed by atoms with van der Waals surface area (Å²) >= 11 is 1.95. The molecule has 0 aliphatic rings. The zero-order valence-electron chi connectivity index (χ0n) is 10.5. The lowest BCUT2D eigenvalue weighted by Gasteiger charge is -2.23. The van der Waals surface area contributed by atoms with Crippen molar-refractivity contribution in [2.24, 2.45) is 5.41 Å². The van der Waals surface area contributed by atoms with Gasteiger partial charge in [-0.25, -0.2) is 0 Å². The van der Waals surface area contributed by atoms with E-state index in [-0.39, 0.29) is 0 Å². The van der Waals surface area contributed by atoms with Crippen LogP contribution in [0, 0.1) is 5.41 Å². The van der Waals surface area contributed by atoms with Crippen LogP contribution in [-0.2, 0) is 0 Å². The Kier molecular flexibility index (Phi) is 7.75. The van der Waals surface area contributed by atoms with Gasteiger partial charge in [-0.05, 0) is 43.2 Å². The first-order chi connectivity index (χ1) is 6.49. The second-order valence-electron chi connectivity index (χ2n) is 5.14. The van der Waals surface area contributed by atoms with Gasteiger partial charge in [-0.3, -0.25) is 0 Å². The fraction of sp³-hybridized carbons (Fsp3) is 1.00. The zero-order valence-corrected chi connectivity index (χ0v) is 11.3. The summed E-state index contributed by atoms with van der Waals surface area (Å²) < 4.78 is 0. The van der Waals surface area contributed by atoms with Crippen LogP contribution < -0.4 is 5.32 Å². The van der Waals surface area contributed by atoms with E-state index in [2.05, 4.69) is 39.3 Å². The Balaban J connectivity index is 3.72. The molecule has 1 atom stereocenters. The molecule has 0 fully saturated rings. The zero-order chi connectivity index (χ0) is 11.0. The summed E-state index contributed by atoms with van der Waals surface area (Å²) in [6.07, 6.45) is 6.13. The maximum absolute atomic E-state index is 3.58. The molecular formula is C12H27NS. The van der Waals surface area contributed by atoms with Gasteiger partial charge >= 0.3 is 0 Å². The van der Waals surface area contributed by atoms with Crippen LogP contribution in [0.5, 0.6) is 0 Å². The summed E-state index contributed by atoms with van der Waals surface area (Å²) in [5.41, 5.74) is 0.479. The van der Waals surface area contributed by atoms with Gasteiger partial charge in [-0.1, -0.05) is 27.7 Å². The number of thioether (sulfide) groups is 1. The first kappa shape index (κ1) is 14.3. The topological polar surface area (TPSA) is 12.0 Å². The Hall–Kier alpha value is 0.310. The monoisotopic (exact) mass is 217 g/mol. The van der Waals surface area contributed by atoms with Crippen molar-refractivity contribution in [3.05, 3.63) is 0 Å². The van der Waals surface area contributed by atoms with Crippen LogP contribution in [0.3, 0.4) is 0 Å². The van der Waals surface area contributed by atoms with Crippen LogP contribution >= 0.6 is 11.8 Å². The molecule has 0 heterocycles. The molecule has 0 rings (SSSR count). The van der Waals surface area contributed by atoms with E-state index in [4.69, 9.17) is 0 Å². The number of hydrogen-bond donors (Lipinski definition) is 1. The minimum absolute atomic E-state index is 0.479. The molecule has 0 spiro atoms. The van der Waals surface area contributed by atoms with Crippen LogP contribution in [0.2, 0.25) is 0 Å².